The number of fused-ring (bicyclic) bond motifs is 1. The van der Waals surface area contributed by atoms with Gasteiger partial charge in [-0.15, -0.1) is 11.6 Å². The fourth-order valence-corrected chi connectivity index (χ4v) is 2.31. The maximum atomic E-state index is 9.38. The lowest BCUT2D eigenvalue weighted by molar-refractivity contribution is 0.453. The van der Waals surface area contributed by atoms with Gasteiger partial charge in [0.05, 0.1) is 5.38 Å². The van der Waals surface area contributed by atoms with Gasteiger partial charge in [0, 0.05) is 5.56 Å². The lowest BCUT2D eigenvalue weighted by Gasteiger charge is -2.38. The second kappa shape index (κ2) is 2.44. The van der Waals surface area contributed by atoms with Crippen LogP contribution < -0.4 is 0 Å². The number of hydrogen-bond acceptors (Lipinski definition) is 1. The second-order valence-corrected chi connectivity index (χ2v) is 4.55. The number of rotatable bonds is 0. The first-order valence-electron chi connectivity index (χ1n) is 3.39. The molecule has 12 heavy (non-hydrogen) atoms. The van der Waals surface area contributed by atoms with Gasteiger partial charge < -0.3 is 5.11 Å². The molecule has 0 aromatic heterocycles. The van der Waals surface area contributed by atoms with Crippen molar-refractivity contribution in [1.29, 1.82) is 0 Å². The van der Waals surface area contributed by atoms with E-state index in [-0.39, 0.29) is 5.75 Å². The van der Waals surface area contributed by atoms with Crippen LogP contribution in [0.25, 0.3) is 0 Å². The molecule has 1 aromatic rings. The average molecular weight is 223 g/mol. The van der Waals surface area contributed by atoms with Crippen molar-refractivity contribution >= 4 is 34.8 Å². The highest BCUT2D eigenvalue weighted by atomic mass is 35.5. The van der Waals surface area contributed by atoms with Crippen LogP contribution in [0, 0.1) is 0 Å². The minimum absolute atomic E-state index is 0.106. The molecule has 0 saturated heterocycles. The monoisotopic (exact) mass is 222 g/mol. The van der Waals surface area contributed by atoms with Crippen LogP contribution in [0.15, 0.2) is 18.2 Å². The molecule has 4 heteroatoms. The molecule has 1 aliphatic carbocycles. The molecular formula is C8H5Cl3O. The maximum absolute atomic E-state index is 9.38. The molecular weight excluding hydrogens is 218 g/mol. The zero-order valence-corrected chi connectivity index (χ0v) is 8.16. The summed E-state index contributed by atoms with van der Waals surface area (Å²) >= 11 is 17.6. The molecule has 0 bridgehead atoms. The smallest absolute Gasteiger partial charge is 0.167 e. The number of hydrogen-bond donors (Lipinski definition) is 1. The molecule has 64 valence electrons. The van der Waals surface area contributed by atoms with Gasteiger partial charge in [-0.25, -0.2) is 0 Å². The Hall–Kier alpha value is -0.110. The number of benzene rings is 1. The van der Waals surface area contributed by atoms with E-state index >= 15 is 0 Å². The predicted octanol–water partition coefficient (Wildman–Crippen LogP) is 3.32. The van der Waals surface area contributed by atoms with Crippen LogP contribution in [0.3, 0.4) is 0 Å². The van der Waals surface area contributed by atoms with Crippen molar-refractivity contribution in [3.63, 3.8) is 0 Å². The summed E-state index contributed by atoms with van der Waals surface area (Å²) in [5.41, 5.74) is 1.34. The van der Waals surface area contributed by atoms with Crippen molar-refractivity contribution < 1.29 is 5.11 Å². The molecule has 1 unspecified atom stereocenters. The zero-order valence-electron chi connectivity index (χ0n) is 5.89. The Kier molecular flexibility index (Phi) is 1.73. The maximum Gasteiger partial charge on any atom is 0.167 e. The van der Waals surface area contributed by atoms with Crippen LogP contribution in [-0.2, 0) is 4.33 Å². The van der Waals surface area contributed by atoms with Gasteiger partial charge in [-0.3, -0.25) is 0 Å². The van der Waals surface area contributed by atoms with Gasteiger partial charge in [0.15, 0.2) is 4.33 Å². The molecule has 0 radical (unpaired) electrons. The van der Waals surface area contributed by atoms with Gasteiger partial charge in [0.2, 0.25) is 0 Å². The van der Waals surface area contributed by atoms with E-state index in [9.17, 15) is 5.11 Å². The lowest BCUT2D eigenvalue weighted by atomic mass is 9.86. The first kappa shape index (κ1) is 8.49. The number of phenols is 1. The Morgan fingerprint density at radius 1 is 1.33 bits per heavy atom. The van der Waals surface area contributed by atoms with E-state index in [4.69, 9.17) is 34.8 Å². The van der Waals surface area contributed by atoms with Crippen molar-refractivity contribution in [2.75, 3.05) is 0 Å². The Labute approximate surface area is 84.9 Å². The SMILES string of the molecule is Oc1cccc2c1C(Cl)(Cl)C2Cl. The summed E-state index contributed by atoms with van der Waals surface area (Å²) in [7, 11) is 0. The van der Waals surface area contributed by atoms with Crippen molar-refractivity contribution in [3.8, 4) is 5.75 Å². The topological polar surface area (TPSA) is 20.2 Å². The number of phenolic OH excluding ortho intramolecular Hbond substituents is 1. The third kappa shape index (κ3) is 0.875. The summed E-state index contributed by atoms with van der Waals surface area (Å²) in [5.74, 6) is 0.106. The van der Waals surface area contributed by atoms with Gasteiger partial charge in [-0.05, 0) is 11.6 Å². The molecule has 0 spiro atoms. The molecule has 2 rings (SSSR count). The first-order chi connectivity index (χ1) is 5.55. The third-order valence-corrected chi connectivity index (χ3v) is 3.60. The molecule has 0 amide bonds. The lowest BCUT2D eigenvalue weighted by Crippen LogP contribution is -2.30. The van der Waals surface area contributed by atoms with Crippen molar-refractivity contribution in [1.82, 2.24) is 0 Å². The normalized spacial score (nSPS) is 24.4. The van der Waals surface area contributed by atoms with E-state index in [1.165, 1.54) is 0 Å². The summed E-state index contributed by atoms with van der Waals surface area (Å²) < 4.78 is -1.14. The summed E-state index contributed by atoms with van der Waals surface area (Å²) in [5, 5.41) is 8.95. The minimum atomic E-state index is -1.14. The van der Waals surface area contributed by atoms with E-state index in [0.717, 1.165) is 5.56 Å². The predicted molar refractivity (Wildman–Crippen MR) is 50.1 cm³/mol. The summed E-state index contributed by atoms with van der Waals surface area (Å²) in [6, 6.07) is 5.06. The van der Waals surface area contributed by atoms with Gasteiger partial charge >= 0.3 is 0 Å². The molecule has 0 saturated carbocycles. The molecule has 0 aliphatic heterocycles. The first-order valence-corrected chi connectivity index (χ1v) is 4.58. The highest BCUT2D eigenvalue weighted by Crippen LogP contribution is 2.62. The quantitative estimate of drug-likeness (QED) is 0.669. The van der Waals surface area contributed by atoms with Crippen LogP contribution in [0.2, 0.25) is 0 Å². The van der Waals surface area contributed by atoms with Crippen LogP contribution in [0.5, 0.6) is 5.75 Å². The van der Waals surface area contributed by atoms with E-state index in [1.807, 2.05) is 0 Å². The second-order valence-electron chi connectivity index (χ2n) is 2.73. The number of aromatic hydroxyl groups is 1. The Morgan fingerprint density at radius 2 is 2.00 bits per heavy atom. The fraction of sp³-hybridized carbons (Fsp3) is 0.250. The Balaban J connectivity index is 2.63. The van der Waals surface area contributed by atoms with Gasteiger partial charge in [-0.2, -0.15) is 0 Å². The van der Waals surface area contributed by atoms with Crippen molar-refractivity contribution in [2.24, 2.45) is 0 Å². The molecule has 0 fully saturated rings. The molecule has 1 aliphatic rings. The number of alkyl halides is 3. The van der Waals surface area contributed by atoms with E-state index in [2.05, 4.69) is 0 Å². The van der Waals surface area contributed by atoms with Gasteiger partial charge in [-0.1, -0.05) is 35.3 Å². The number of halogens is 3. The largest absolute Gasteiger partial charge is 0.508 e. The Bertz CT molecular complexity index is 335. The fourth-order valence-electron chi connectivity index (χ4n) is 1.38. The highest BCUT2D eigenvalue weighted by Gasteiger charge is 2.50. The molecule has 0 heterocycles. The zero-order chi connectivity index (χ0) is 8.93. The molecule has 1 atom stereocenters. The molecule has 1 aromatic carbocycles. The third-order valence-electron chi connectivity index (χ3n) is 2.00. The van der Waals surface area contributed by atoms with Crippen LogP contribution in [0.4, 0.5) is 0 Å². The average Bonchev–Trinajstić information content (AvgIpc) is 2.03. The van der Waals surface area contributed by atoms with E-state index in [1.54, 1.807) is 18.2 Å². The minimum Gasteiger partial charge on any atom is -0.508 e. The summed E-state index contributed by atoms with van der Waals surface area (Å²) in [6.07, 6.45) is 0. The van der Waals surface area contributed by atoms with Gasteiger partial charge in [0.25, 0.3) is 0 Å². The van der Waals surface area contributed by atoms with Crippen LogP contribution >= 0.6 is 34.8 Å². The highest BCUT2D eigenvalue weighted by molar-refractivity contribution is 6.53. The van der Waals surface area contributed by atoms with Crippen LogP contribution in [0.1, 0.15) is 16.5 Å². The van der Waals surface area contributed by atoms with Crippen molar-refractivity contribution in [3.05, 3.63) is 29.3 Å². The van der Waals surface area contributed by atoms with E-state index in [0.29, 0.717) is 5.56 Å². The summed E-state index contributed by atoms with van der Waals surface area (Å²) in [4.78, 5) is 0. The van der Waals surface area contributed by atoms with Gasteiger partial charge in [0.1, 0.15) is 5.75 Å². The van der Waals surface area contributed by atoms with Crippen LogP contribution in [-0.4, -0.2) is 5.11 Å². The molecule has 1 nitrogen and oxygen atoms in total. The van der Waals surface area contributed by atoms with E-state index < -0.39 is 9.71 Å². The van der Waals surface area contributed by atoms with Crippen molar-refractivity contribution in [2.45, 2.75) is 9.71 Å². The summed E-state index contributed by atoms with van der Waals surface area (Å²) in [6.45, 7) is 0. The molecule has 1 N–H and O–H groups in total. The Morgan fingerprint density at radius 3 is 2.58 bits per heavy atom. The standard InChI is InChI=1S/C8H5Cl3O/c9-7-4-2-1-3-5(12)6(4)8(7,10)11/h1-3,7,12H.